The van der Waals surface area contributed by atoms with Crippen LogP contribution in [-0.4, -0.2) is 21.6 Å². The van der Waals surface area contributed by atoms with E-state index in [4.69, 9.17) is 0 Å². The van der Waals surface area contributed by atoms with E-state index in [0.29, 0.717) is 5.82 Å². The highest BCUT2D eigenvalue weighted by atomic mass is 16.2. The van der Waals surface area contributed by atoms with Crippen molar-refractivity contribution in [3.05, 3.63) is 18.1 Å². The molecule has 84 valence electrons. The molecule has 0 radical (unpaired) electrons. The zero-order valence-corrected chi connectivity index (χ0v) is 9.64. The van der Waals surface area contributed by atoms with Gasteiger partial charge in [-0.3, -0.25) is 4.79 Å². The maximum atomic E-state index is 12.0. The van der Waals surface area contributed by atoms with Gasteiger partial charge in [-0.05, 0) is 20.3 Å². The molecule has 0 saturated carbocycles. The Morgan fingerprint density at radius 1 is 1.38 bits per heavy atom. The summed E-state index contributed by atoms with van der Waals surface area (Å²) < 4.78 is 0. The van der Waals surface area contributed by atoms with Crippen LogP contribution in [0.3, 0.4) is 0 Å². The van der Waals surface area contributed by atoms with Crippen LogP contribution >= 0.6 is 0 Å². The molecule has 2 rings (SSSR count). The number of carbonyl (C=O) groups excluding carboxylic acids is 1. The van der Waals surface area contributed by atoms with Gasteiger partial charge in [0, 0.05) is 17.5 Å². The largest absolute Gasteiger partial charge is 0.272 e. The van der Waals surface area contributed by atoms with Crippen LogP contribution < -0.4 is 5.01 Å². The fourth-order valence-corrected chi connectivity index (χ4v) is 1.79. The summed E-state index contributed by atoms with van der Waals surface area (Å²) in [6.07, 6.45) is 2.22. The monoisotopic (exact) mass is 218 g/mol. The average molecular weight is 218 g/mol. The van der Waals surface area contributed by atoms with E-state index in [0.717, 1.165) is 17.8 Å². The smallest absolute Gasteiger partial charge is 0.257 e. The van der Waals surface area contributed by atoms with E-state index >= 15 is 0 Å². The molecule has 0 N–H and O–H groups in total. The van der Waals surface area contributed by atoms with Crippen molar-refractivity contribution in [3.8, 4) is 0 Å². The van der Waals surface area contributed by atoms with Crippen molar-refractivity contribution >= 4 is 17.4 Å². The molecule has 1 aliphatic rings. The van der Waals surface area contributed by atoms with E-state index in [9.17, 15) is 4.79 Å². The number of nitrogens with zero attached hydrogens (tertiary/aromatic N) is 4. The van der Waals surface area contributed by atoms with Gasteiger partial charge in [-0.1, -0.05) is 6.92 Å². The van der Waals surface area contributed by atoms with Crippen molar-refractivity contribution in [1.29, 1.82) is 0 Å². The van der Waals surface area contributed by atoms with Crippen LogP contribution in [0, 0.1) is 12.8 Å². The summed E-state index contributed by atoms with van der Waals surface area (Å²) in [6, 6.07) is 1.76. The van der Waals surface area contributed by atoms with Crippen LogP contribution in [0.15, 0.2) is 17.5 Å². The van der Waals surface area contributed by atoms with E-state index in [1.807, 2.05) is 20.8 Å². The Balaban J connectivity index is 2.34. The molecular weight excluding hydrogens is 204 g/mol. The molecular formula is C11H14N4O. The van der Waals surface area contributed by atoms with Crippen molar-refractivity contribution in [2.24, 2.45) is 11.0 Å². The van der Waals surface area contributed by atoms with Gasteiger partial charge in [0.25, 0.3) is 5.91 Å². The minimum atomic E-state index is -0.102. The number of aryl methyl sites for hydroxylation is 1. The van der Waals surface area contributed by atoms with Gasteiger partial charge in [0.1, 0.15) is 6.33 Å². The lowest BCUT2D eigenvalue weighted by Crippen LogP contribution is -2.27. The fourth-order valence-electron chi connectivity index (χ4n) is 1.79. The SMILES string of the molecule is CCC1C(=O)N(c2cc(C)ncn2)N=C1C. The zero-order chi connectivity index (χ0) is 11.7. The minimum absolute atomic E-state index is 0.00176. The fraction of sp³-hybridized carbons (Fsp3) is 0.455. The lowest BCUT2D eigenvalue weighted by atomic mass is 10.0. The molecule has 1 unspecified atom stereocenters. The number of rotatable bonds is 2. The Bertz CT molecular complexity index is 455. The molecule has 0 aromatic carbocycles. The lowest BCUT2D eigenvalue weighted by Gasteiger charge is -2.12. The molecule has 0 bridgehead atoms. The van der Waals surface area contributed by atoms with Crippen LogP contribution in [0.25, 0.3) is 0 Å². The van der Waals surface area contributed by atoms with Gasteiger partial charge in [0.2, 0.25) is 0 Å². The Labute approximate surface area is 94.2 Å². The second kappa shape index (κ2) is 4.00. The number of anilines is 1. The molecule has 0 saturated heterocycles. The first-order chi connectivity index (χ1) is 7.63. The summed E-state index contributed by atoms with van der Waals surface area (Å²) in [5, 5.41) is 5.62. The lowest BCUT2D eigenvalue weighted by molar-refractivity contribution is -0.119. The van der Waals surface area contributed by atoms with E-state index in [2.05, 4.69) is 15.1 Å². The third-order valence-electron chi connectivity index (χ3n) is 2.68. The van der Waals surface area contributed by atoms with Crippen molar-refractivity contribution in [1.82, 2.24) is 9.97 Å². The highest BCUT2D eigenvalue weighted by Gasteiger charge is 2.33. The van der Waals surface area contributed by atoms with Crippen LogP contribution in [-0.2, 0) is 4.79 Å². The molecule has 1 aromatic rings. The molecule has 2 heterocycles. The van der Waals surface area contributed by atoms with E-state index in [1.165, 1.54) is 11.3 Å². The number of amides is 1. The maximum absolute atomic E-state index is 12.0. The molecule has 0 fully saturated rings. The first-order valence-corrected chi connectivity index (χ1v) is 5.31. The molecule has 1 aromatic heterocycles. The van der Waals surface area contributed by atoms with Crippen molar-refractivity contribution in [3.63, 3.8) is 0 Å². The predicted octanol–water partition coefficient (Wildman–Crippen LogP) is 1.53. The Morgan fingerprint density at radius 2 is 2.12 bits per heavy atom. The summed E-state index contributed by atoms with van der Waals surface area (Å²) in [7, 11) is 0. The third kappa shape index (κ3) is 1.68. The highest BCUT2D eigenvalue weighted by molar-refractivity contribution is 6.14. The topological polar surface area (TPSA) is 58.5 Å². The predicted molar refractivity (Wildman–Crippen MR) is 61.1 cm³/mol. The molecule has 0 aliphatic carbocycles. The maximum Gasteiger partial charge on any atom is 0.257 e. The van der Waals surface area contributed by atoms with Crippen molar-refractivity contribution in [2.45, 2.75) is 27.2 Å². The van der Waals surface area contributed by atoms with Crippen LogP contribution in [0.5, 0.6) is 0 Å². The first-order valence-electron chi connectivity index (χ1n) is 5.31. The number of carbonyl (C=O) groups is 1. The van der Waals surface area contributed by atoms with Crippen LogP contribution in [0.1, 0.15) is 26.0 Å². The second-order valence-corrected chi connectivity index (χ2v) is 3.87. The standard InChI is InChI=1S/C11H14N4O/c1-4-9-8(3)14-15(11(9)16)10-5-7(2)12-6-13-10/h5-6,9H,4H2,1-3H3. The first kappa shape index (κ1) is 10.7. The molecule has 5 nitrogen and oxygen atoms in total. The second-order valence-electron chi connectivity index (χ2n) is 3.87. The Hall–Kier alpha value is -1.78. The van der Waals surface area contributed by atoms with Gasteiger partial charge in [0.05, 0.1) is 5.92 Å². The number of hydrogen-bond donors (Lipinski definition) is 0. The van der Waals surface area contributed by atoms with Crippen molar-refractivity contribution < 1.29 is 4.79 Å². The number of aromatic nitrogens is 2. The zero-order valence-electron chi connectivity index (χ0n) is 9.64. The minimum Gasteiger partial charge on any atom is -0.272 e. The molecule has 16 heavy (non-hydrogen) atoms. The summed E-state index contributed by atoms with van der Waals surface area (Å²) in [5.74, 6) is 0.446. The number of hydrogen-bond acceptors (Lipinski definition) is 4. The van der Waals surface area contributed by atoms with Crippen molar-refractivity contribution in [2.75, 3.05) is 5.01 Å². The van der Waals surface area contributed by atoms with E-state index in [1.54, 1.807) is 6.07 Å². The molecule has 1 atom stereocenters. The van der Waals surface area contributed by atoms with Gasteiger partial charge in [-0.25, -0.2) is 9.97 Å². The molecule has 1 aliphatic heterocycles. The average Bonchev–Trinajstić information content (AvgIpc) is 2.54. The Kier molecular flexibility index (Phi) is 2.68. The normalized spacial score (nSPS) is 20.2. The van der Waals surface area contributed by atoms with Crippen LogP contribution in [0.2, 0.25) is 0 Å². The summed E-state index contributed by atoms with van der Waals surface area (Å²) in [6.45, 7) is 5.72. The summed E-state index contributed by atoms with van der Waals surface area (Å²) in [5.41, 5.74) is 1.68. The molecule has 5 heteroatoms. The summed E-state index contributed by atoms with van der Waals surface area (Å²) >= 11 is 0. The van der Waals surface area contributed by atoms with E-state index < -0.39 is 0 Å². The van der Waals surface area contributed by atoms with Crippen LogP contribution in [0.4, 0.5) is 5.82 Å². The Morgan fingerprint density at radius 3 is 2.69 bits per heavy atom. The molecule has 0 spiro atoms. The van der Waals surface area contributed by atoms with Gasteiger partial charge >= 0.3 is 0 Å². The van der Waals surface area contributed by atoms with E-state index in [-0.39, 0.29) is 11.8 Å². The third-order valence-corrected chi connectivity index (χ3v) is 2.68. The van der Waals surface area contributed by atoms with Gasteiger partial charge in [-0.15, -0.1) is 0 Å². The highest BCUT2D eigenvalue weighted by Crippen LogP contribution is 2.23. The quantitative estimate of drug-likeness (QED) is 0.756. The van der Waals surface area contributed by atoms with Gasteiger partial charge < -0.3 is 0 Å². The van der Waals surface area contributed by atoms with Gasteiger partial charge in [0.15, 0.2) is 5.82 Å². The summed E-state index contributed by atoms with van der Waals surface area (Å²) in [4.78, 5) is 20.1. The number of hydrazone groups is 1. The van der Waals surface area contributed by atoms with Gasteiger partial charge in [-0.2, -0.15) is 10.1 Å². The molecule has 1 amide bonds.